The van der Waals surface area contributed by atoms with E-state index in [1.54, 1.807) is 6.21 Å². The zero-order valence-electron chi connectivity index (χ0n) is 6.41. The van der Waals surface area contributed by atoms with Crippen LogP contribution in [-0.4, -0.2) is 6.21 Å². The quantitative estimate of drug-likeness (QED) is 0.371. The van der Waals surface area contributed by atoms with Gasteiger partial charge >= 0.3 is 0 Å². The van der Waals surface area contributed by atoms with E-state index in [-0.39, 0.29) is 0 Å². The van der Waals surface area contributed by atoms with Gasteiger partial charge in [0.1, 0.15) is 0 Å². The number of nitrogens with one attached hydrogen (secondary N) is 1. The van der Waals surface area contributed by atoms with Crippen LogP contribution in [0, 0.1) is 6.92 Å². The molecule has 1 rings (SSSR count). The molecule has 0 aliphatic rings. The first-order chi connectivity index (χ1) is 5.34. The van der Waals surface area contributed by atoms with Crippen LogP contribution in [0.1, 0.15) is 11.1 Å². The Labute approximate surface area is 65.9 Å². The molecule has 3 N–H and O–H groups in total. The lowest BCUT2D eigenvalue weighted by Gasteiger charge is -1.96. The minimum absolute atomic E-state index is 1.07. The van der Waals surface area contributed by atoms with Crippen molar-refractivity contribution in [3.05, 3.63) is 35.4 Å². The highest BCUT2D eigenvalue weighted by Gasteiger charge is 1.89. The van der Waals surface area contributed by atoms with E-state index in [0.29, 0.717) is 0 Å². The van der Waals surface area contributed by atoms with Gasteiger partial charge in [-0.05, 0) is 18.1 Å². The fraction of sp³-hybridized carbons (Fsp3) is 0.125. The van der Waals surface area contributed by atoms with Crippen molar-refractivity contribution in [3.63, 3.8) is 0 Å². The molecule has 0 unspecified atom stereocenters. The van der Waals surface area contributed by atoms with Crippen LogP contribution >= 0.6 is 0 Å². The number of hydrogen-bond acceptors (Lipinski definition) is 3. The number of benzene rings is 1. The third-order valence-electron chi connectivity index (χ3n) is 1.47. The van der Waals surface area contributed by atoms with Crippen LogP contribution in [0.2, 0.25) is 0 Å². The van der Waals surface area contributed by atoms with Crippen molar-refractivity contribution in [1.82, 2.24) is 5.53 Å². The summed E-state index contributed by atoms with van der Waals surface area (Å²) in [6.07, 6.45) is 1.69. The van der Waals surface area contributed by atoms with Crippen molar-refractivity contribution >= 4 is 6.21 Å². The molecule has 0 fully saturated rings. The molecule has 0 amide bonds. The fourth-order valence-corrected chi connectivity index (χ4v) is 0.838. The van der Waals surface area contributed by atoms with Crippen molar-refractivity contribution in [3.8, 4) is 0 Å². The second-order valence-corrected chi connectivity index (χ2v) is 2.24. The predicted molar refractivity (Wildman–Crippen MR) is 46.1 cm³/mol. The molecular formula is C8H11N3. The van der Waals surface area contributed by atoms with Gasteiger partial charge < -0.3 is 0 Å². The molecule has 3 heteroatoms. The van der Waals surface area contributed by atoms with E-state index in [2.05, 4.69) is 10.6 Å². The van der Waals surface area contributed by atoms with Crippen LogP contribution in [0.15, 0.2) is 29.4 Å². The zero-order valence-corrected chi connectivity index (χ0v) is 6.41. The third-order valence-corrected chi connectivity index (χ3v) is 1.47. The van der Waals surface area contributed by atoms with Crippen molar-refractivity contribution in [2.24, 2.45) is 10.9 Å². The molecule has 0 saturated carbocycles. The fourth-order valence-electron chi connectivity index (χ4n) is 0.838. The van der Waals surface area contributed by atoms with Gasteiger partial charge in [-0.15, -0.1) is 0 Å². The third kappa shape index (κ3) is 2.05. The molecule has 0 bridgehead atoms. The number of hydrazine groups is 1. The molecule has 1 aromatic carbocycles. The Hall–Kier alpha value is -1.35. The summed E-state index contributed by atoms with van der Waals surface area (Å²) in [7, 11) is 0. The predicted octanol–water partition coefficient (Wildman–Crippen LogP) is 0.792. The number of rotatable bonds is 2. The van der Waals surface area contributed by atoms with Crippen molar-refractivity contribution in [2.45, 2.75) is 6.92 Å². The maximum absolute atomic E-state index is 4.98. The first kappa shape index (κ1) is 7.75. The van der Waals surface area contributed by atoms with Gasteiger partial charge in [-0.2, -0.15) is 5.10 Å². The van der Waals surface area contributed by atoms with Crippen LogP contribution in [0.5, 0.6) is 0 Å². The molecule has 0 aliphatic carbocycles. The molecule has 1 aromatic rings. The molecule has 0 atom stereocenters. The van der Waals surface area contributed by atoms with Gasteiger partial charge in [-0.1, -0.05) is 24.3 Å². The molecule has 0 saturated heterocycles. The molecule has 0 radical (unpaired) electrons. The van der Waals surface area contributed by atoms with E-state index in [0.717, 1.165) is 5.56 Å². The zero-order chi connectivity index (χ0) is 8.10. The monoisotopic (exact) mass is 149 g/mol. The molecular weight excluding hydrogens is 138 g/mol. The van der Waals surface area contributed by atoms with Crippen LogP contribution in [0.4, 0.5) is 0 Å². The van der Waals surface area contributed by atoms with E-state index >= 15 is 0 Å². The smallest absolute Gasteiger partial charge is 0.0558 e. The SMILES string of the molecule is Cc1ccccc1/C=N/NN. The molecule has 0 aliphatic heterocycles. The average molecular weight is 149 g/mol. The normalized spacial score (nSPS) is 10.4. The average Bonchev–Trinajstić information content (AvgIpc) is 2.03. The number of nitrogens with two attached hydrogens (primary N) is 1. The lowest BCUT2D eigenvalue weighted by Crippen LogP contribution is -2.13. The molecule has 58 valence electrons. The number of hydrazone groups is 1. The number of aryl methyl sites for hydroxylation is 1. The summed E-state index contributed by atoms with van der Waals surface area (Å²) in [5, 5.41) is 3.71. The molecule has 0 aromatic heterocycles. The van der Waals surface area contributed by atoms with Gasteiger partial charge in [-0.25, -0.2) is 11.4 Å². The number of nitrogens with zero attached hydrogens (tertiary/aromatic N) is 1. The first-order valence-electron chi connectivity index (χ1n) is 3.39. The van der Waals surface area contributed by atoms with Gasteiger partial charge in [-0.3, -0.25) is 0 Å². The summed E-state index contributed by atoms with van der Waals surface area (Å²) >= 11 is 0. The van der Waals surface area contributed by atoms with E-state index in [9.17, 15) is 0 Å². The summed E-state index contributed by atoms with van der Waals surface area (Å²) in [5.74, 6) is 4.98. The van der Waals surface area contributed by atoms with Crippen molar-refractivity contribution in [2.75, 3.05) is 0 Å². The first-order valence-corrected chi connectivity index (χ1v) is 3.39. The Morgan fingerprint density at radius 2 is 2.18 bits per heavy atom. The second-order valence-electron chi connectivity index (χ2n) is 2.24. The standard InChI is InChI=1S/C8H11N3/c1-7-4-2-3-5-8(7)6-10-11-9/h2-6,11H,9H2,1H3/b10-6+. The highest BCUT2D eigenvalue weighted by atomic mass is 15.5. The minimum Gasteiger partial charge on any atom is -0.246 e. The van der Waals surface area contributed by atoms with E-state index in [1.165, 1.54) is 5.56 Å². The van der Waals surface area contributed by atoms with Crippen molar-refractivity contribution in [1.29, 1.82) is 0 Å². The summed E-state index contributed by atoms with van der Waals surface area (Å²) in [6, 6.07) is 7.96. The highest BCUT2D eigenvalue weighted by molar-refractivity contribution is 5.81. The topological polar surface area (TPSA) is 50.4 Å². The maximum Gasteiger partial charge on any atom is 0.0558 e. The van der Waals surface area contributed by atoms with E-state index < -0.39 is 0 Å². The molecule has 3 nitrogen and oxygen atoms in total. The van der Waals surface area contributed by atoms with Crippen LogP contribution in [0.25, 0.3) is 0 Å². The minimum atomic E-state index is 1.07. The Balaban J connectivity index is 2.86. The van der Waals surface area contributed by atoms with Crippen molar-refractivity contribution < 1.29 is 0 Å². The molecule has 0 heterocycles. The van der Waals surface area contributed by atoms with E-state index in [1.807, 2.05) is 31.2 Å². The molecule has 0 spiro atoms. The number of hydrogen-bond donors (Lipinski definition) is 2. The second kappa shape index (κ2) is 3.73. The van der Waals surface area contributed by atoms with Crippen LogP contribution in [0.3, 0.4) is 0 Å². The van der Waals surface area contributed by atoms with E-state index in [4.69, 9.17) is 5.84 Å². The van der Waals surface area contributed by atoms with Crippen LogP contribution in [-0.2, 0) is 0 Å². The summed E-state index contributed by atoms with van der Waals surface area (Å²) in [6.45, 7) is 2.03. The maximum atomic E-state index is 4.98. The summed E-state index contributed by atoms with van der Waals surface area (Å²) in [5.41, 5.74) is 4.47. The highest BCUT2D eigenvalue weighted by Crippen LogP contribution is 2.02. The van der Waals surface area contributed by atoms with Gasteiger partial charge in [0.15, 0.2) is 0 Å². The lowest BCUT2D eigenvalue weighted by molar-refractivity contribution is 0.811. The van der Waals surface area contributed by atoms with Crippen LogP contribution < -0.4 is 11.4 Å². The molecule has 11 heavy (non-hydrogen) atoms. The largest absolute Gasteiger partial charge is 0.246 e. The summed E-state index contributed by atoms with van der Waals surface area (Å²) < 4.78 is 0. The Morgan fingerprint density at radius 1 is 1.45 bits per heavy atom. The Kier molecular flexibility index (Phi) is 2.63. The van der Waals surface area contributed by atoms with Gasteiger partial charge in [0.25, 0.3) is 0 Å². The Bertz CT molecular complexity index is 255. The summed E-state index contributed by atoms with van der Waals surface area (Å²) in [4.78, 5) is 0. The van der Waals surface area contributed by atoms with Gasteiger partial charge in [0.05, 0.1) is 6.21 Å². The van der Waals surface area contributed by atoms with Gasteiger partial charge in [0.2, 0.25) is 0 Å². The van der Waals surface area contributed by atoms with Gasteiger partial charge in [0, 0.05) is 0 Å². The Morgan fingerprint density at radius 3 is 2.82 bits per heavy atom. The lowest BCUT2D eigenvalue weighted by atomic mass is 10.1.